The lowest BCUT2D eigenvalue weighted by Gasteiger charge is -2.28. The van der Waals surface area contributed by atoms with E-state index in [1.165, 1.54) is 13.2 Å². The molecular formula is C22H36O5. The number of hydrogen-bond donors (Lipinski definition) is 1. The Morgan fingerprint density at radius 1 is 1.37 bits per heavy atom. The van der Waals surface area contributed by atoms with Gasteiger partial charge >= 0.3 is 5.97 Å². The predicted molar refractivity (Wildman–Crippen MR) is 106 cm³/mol. The lowest BCUT2D eigenvalue weighted by molar-refractivity contribution is -0.134. The first-order valence-electron chi connectivity index (χ1n) is 10.0. The zero-order chi connectivity index (χ0) is 20.3. The Morgan fingerprint density at radius 2 is 2.11 bits per heavy atom. The molecule has 0 saturated heterocycles. The molecule has 5 heteroatoms. The van der Waals surface area contributed by atoms with Crippen molar-refractivity contribution >= 4 is 11.8 Å². The zero-order valence-electron chi connectivity index (χ0n) is 17.3. The Bertz CT molecular complexity index is 521. The van der Waals surface area contributed by atoms with E-state index in [9.17, 15) is 14.7 Å². The molecule has 3 atom stereocenters. The summed E-state index contributed by atoms with van der Waals surface area (Å²) in [5.41, 5.74) is -0.351. The molecule has 1 rings (SSSR count). The van der Waals surface area contributed by atoms with Gasteiger partial charge in [-0.1, -0.05) is 38.5 Å². The highest BCUT2D eigenvalue weighted by Crippen LogP contribution is 2.34. The van der Waals surface area contributed by atoms with Crippen molar-refractivity contribution < 1.29 is 24.2 Å². The van der Waals surface area contributed by atoms with Crippen LogP contribution in [0.4, 0.5) is 0 Å². The van der Waals surface area contributed by atoms with Crippen LogP contribution in [0.5, 0.6) is 0 Å². The molecule has 1 fully saturated rings. The van der Waals surface area contributed by atoms with Gasteiger partial charge in [0.15, 0.2) is 0 Å². The fourth-order valence-electron chi connectivity index (χ4n) is 3.37. The van der Waals surface area contributed by atoms with Crippen molar-refractivity contribution in [2.24, 2.45) is 17.3 Å². The van der Waals surface area contributed by atoms with Gasteiger partial charge in [-0.25, -0.2) is 4.79 Å². The van der Waals surface area contributed by atoms with E-state index in [0.29, 0.717) is 25.4 Å². The summed E-state index contributed by atoms with van der Waals surface area (Å²) in [5, 5.41) is 10.5. The van der Waals surface area contributed by atoms with Gasteiger partial charge in [0, 0.05) is 30.4 Å². The van der Waals surface area contributed by atoms with E-state index in [-0.39, 0.29) is 23.2 Å². The largest absolute Gasteiger partial charge is 0.466 e. The summed E-state index contributed by atoms with van der Waals surface area (Å²) in [5.74, 6) is 0.253. The molecule has 1 aliphatic carbocycles. The predicted octanol–water partition coefficient (Wildman–Crippen LogP) is 3.85. The molecule has 1 saturated carbocycles. The van der Waals surface area contributed by atoms with Gasteiger partial charge in [-0.15, -0.1) is 0 Å². The minimum absolute atomic E-state index is 0.0491. The van der Waals surface area contributed by atoms with E-state index in [1.54, 1.807) is 0 Å². The number of aliphatic hydroxyl groups is 1. The molecular weight excluding hydrogens is 344 g/mol. The van der Waals surface area contributed by atoms with E-state index >= 15 is 0 Å². The highest BCUT2D eigenvalue weighted by molar-refractivity contribution is 5.83. The maximum Gasteiger partial charge on any atom is 0.330 e. The van der Waals surface area contributed by atoms with Gasteiger partial charge < -0.3 is 14.6 Å². The summed E-state index contributed by atoms with van der Waals surface area (Å²) in [6.07, 6.45) is 11.6. The van der Waals surface area contributed by atoms with Crippen molar-refractivity contribution in [1.29, 1.82) is 0 Å². The second kappa shape index (κ2) is 12.1. The molecule has 5 nitrogen and oxygen atoms in total. The highest BCUT2D eigenvalue weighted by atomic mass is 16.5. The number of Topliss-reactive ketones (excluding diaryl/α,β-unsaturated/α-hetero) is 1. The molecule has 0 aromatic rings. The molecule has 0 heterocycles. The fraction of sp³-hybridized carbons (Fsp3) is 0.727. The van der Waals surface area contributed by atoms with Gasteiger partial charge in [0.25, 0.3) is 0 Å². The van der Waals surface area contributed by atoms with Crippen LogP contribution in [0.3, 0.4) is 0 Å². The number of methoxy groups -OCH3 is 1. The number of ketones is 1. The number of rotatable bonds is 12. The van der Waals surface area contributed by atoms with Gasteiger partial charge in [-0.05, 0) is 38.5 Å². The minimum Gasteiger partial charge on any atom is -0.466 e. The van der Waals surface area contributed by atoms with Gasteiger partial charge in [-0.2, -0.15) is 0 Å². The summed E-state index contributed by atoms with van der Waals surface area (Å²) in [6.45, 7) is 7.04. The normalized spacial score (nSPS) is 22.0. The quantitative estimate of drug-likeness (QED) is 0.241. The Hall–Kier alpha value is -1.46. The molecule has 0 spiro atoms. The molecule has 1 N–H and O–H groups in total. The van der Waals surface area contributed by atoms with Crippen molar-refractivity contribution in [3.63, 3.8) is 0 Å². The first-order chi connectivity index (χ1) is 12.8. The summed E-state index contributed by atoms with van der Waals surface area (Å²) in [7, 11) is 1.36. The highest BCUT2D eigenvalue weighted by Gasteiger charge is 2.33. The van der Waals surface area contributed by atoms with Crippen LogP contribution in [0.2, 0.25) is 0 Å². The topological polar surface area (TPSA) is 72.8 Å². The number of aliphatic hydroxyl groups excluding tert-OH is 1. The molecule has 0 amide bonds. The maximum atomic E-state index is 12.2. The number of hydrogen-bond acceptors (Lipinski definition) is 5. The molecule has 0 aromatic heterocycles. The van der Waals surface area contributed by atoms with Crippen LogP contribution in [0.1, 0.15) is 59.3 Å². The van der Waals surface area contributed by atoms with Gasteiger partial charge in [0.2, 0.25) is 0 Å². The molecule has 0 aromatic carbocycles. The number of allylic oxidation sites excluding steroid dienone is 2. The third-order valence-electron chi connectivity index (χ3n) is 5.26. The van der Waals surface area contributed by atoms with Crippen LogP contribution in [0, 0.1) is 17.3 Å². The van der Waals surface area contributed by atoms with Crippen molar-refractivity contribution in [3.05, 3.63) is 24.3 Å². The summed E-state index contributed by atoms with van der Waals surface area (Å²) in [6, 6.07) is 0. The van der Waals surface area contributed by atoms with E-state index in [0.717, 1.165) is 32.1 Å². The Labute approximate surface area is 163 Å². The van der Waals surface area contributed by atoms with Crippen LogP contribution in [0.15, 0.2) is 24.3 Å². The SMILES string of the molecule is CCOCC(C)(C)C(O)C=C[C@H]1CCC(=O)[C@@H]1CCCCC=CC(=O)OC. The second-order valence-corrected chi connectivity index (χ2v) is 7.94. The fourth-order valence-corrected chi connectivity index (χ4v) is 3.37. The lowest BCUT2D eigenvalue weighted by atomic mass is 9.85. The average Bonchev–Trinajstić information content (AvgIpc) is 3.00. The lowest BCUT2D eigenvalue weighted by Crippen LogP contribution is -2.32. The molecule has 1 aliphatic rings. The average molecular weight is 381 g/mol. The van der Waals surface area contributed by atoms with Crippen molar-refractivity contribution in [2.75, 3.05) is 20.3 Å². The monoisotopic (exact) mass is 380 g/mol. The number of carbonyl (C=O) groups excluding carboxylic acids is 2. The Morgan fingerprint density at radius 3 is 2.78 bits per heavy atom. The third kappa shape index (κ3) is 8.39. The number of ether oxygens (including phenoxy) is 2. The maximum absolute atomic E-state index is 12.2. The zero-order valence-corrected chi connectivity index (χ0v) is 17.3. The van der Waals surface area contributed by atoms with Gasteiger partial charge in [-0.3, -0.25) is 4.79 Å². The van der Waals surface area contributed by atoms with E-state index in [1.807, 2.05) is 39.0 Å². The molecule has 27 heavy (non-hydrogen) atoms. The summed E-state index contributed by atoms with van der Waals surface area (Å²) in [4.78, 5) is 23.2. The van der Waals surface area contributed by atoms with E-state index in [2.05, 4.69) is 4.74 Å². The summed E-state index contributed by atoms with van der Waals surface area (Å²) < 4.78 is 10.0. The van der Waals surface area contributed by atoms with Crippen LogP contribution in [-0.2, 0) is 19.1 Å². The van der Waals surface area contributed by atoms with Crippen LogP contribution in [0.25, 0.3) is 0 Å². The summed E-state index contributed by atoms with van der Waals surface area (Å²) >= 11 is 0. The second-order valence-electron chi connectivity index (χ2n) is 7.94. The van der Waals surface area contributed by atoms with E-state index < -0.39 is 6.10 Å². The first kappa shape index (κ1) is 23.6. The smallest absolute Gasteiger partial charge is 0.330 e. The van der Waals surface area contributed by atoms with Gasteiger partial charge in [0.05, 0.1) is 19.8 Å². The van der Waals surface area contributed by atoms with Gasteiger partial charge in [0.1, 0.15) is 5.78 Å². The van der Waals surface area contributed by atoms with Crippen LogP contribution < -0.4 is 0 Å². The number of carbonyl (C=O) groups is 2. The standard InChI is InChI=1S/C22H36O5/c1-5-27-16-22(2,3)20(24)15-13-17-12-14-19(23)18(17)10-8-6-7-9-11-21(25)26-4/h9,11,13,15,17-18,20,24H,5-8,10,12,14,16H2,1-4H3/t17-,18-,20?/m1/s1. The first-order valence-corrected chi connectivity index (χ1v) is 10.0. The van der Waals surface area contributed by atoms with Crippen molar-refractivity contribution in [2.45, 2.75) is 65.4 Å². The van der Waals surface area contributed by atoms with Crippen molar-refractivity contribution in [3.8, 4) is 0 Å². The molecule has 0 bridgehead atoms. The molecule has 154 valence electrons. The number of esters is 1. The number of unbranched alkanes of at least 4 members (excludes halogenated alkanes) is 2. The Balaban J connectivity index is 2.47. The third-order valence-corrected chi connectivity index (χ3v) is 5.26. The molecule has 1 unspecified atom stereocenters. The van der Waals surface area contributed by atoms with Crippen LogP contribution >= 0.6 is 0 Å². The minimum atomic E-state index is -0.594. The Kier molecular flexibility index (Phi) is 10.6. The van der Waals surface area contributed by atoms with Crippen molar-refractivity contribution in [1.82, 2.24) is 0 Å². The van der Waals surface area contributed by atoms with E-state index in [4.69, 9.17) is 4.74 Å². The molecule has 0 radical (unpaired) electrons. The van der Waals surface area contributed by atoms with Crippen LogP contribution in [-0.4, -0.2) is 43.3 Å². The molecule has 0 aliphatic heterocycles.